The van der Waals surface area contributed by atoms with Crippen molar-refractivity contribution in [2.24, 2.45) is 5.92 Å². The summed E-state index contributed by atoms with van der Waals surface area (Å²) in [5.74, 6) is 0.867. The summed E-state index contributed by atoms with van der Waals surface area (Å²) >= 11 is 1.84. The highest BCUT2D eigenvalue weighted by atomic mass is 32.1. The van der Waals surface area contributed by atoms with Crippen molar-refractivity contribution in [1.29, 1.82) is 0 Å². The largest absolute Gasteiger partial charge is 0.312 e. The van der Waals surface area contributed by atoms with Gasteiger partial charge in [0, 0.05) is 18.0 Å². The second-order valence-electron chi connectivity index (χ2n) is 4.67. The summed E-state index contributed by atoms with van der Waals surface area (Å²) in [5, 5.41) is 5.72. The summed E-state index contributed by atoms with van der Waals surface area (Å²) in [5.41, 5.74) is 0. The van der Waals surface area contributed by atoms with Crippen LogP contribution in [0.5, 0.6) is 0 Å². The van der Waals surface area contributed by atoms with Crippen LogP contribution >= 0.6 is 11.3 Å². The third-order valence-corrected chi connectivity index (χ3v) is 4.10. The Bertz CT molecular complexity index is 284. The fraction of sp³-hybridized carbons (Fsp3) is 0.692. The van der Waals surface area contributed by atoms with E-state index < -0.39 is 0 Å². The molecule has 1 N–H and O–H groups in total. The first-order valence-electron chi connectivity index (χ1n) is 6.34. The summed E-state index contributed by atoms with van der Waals surface area (Å²) in [6.45, 7) is 8.37. The van der Waals surface area contributed by atoms with Gasteiger partial charge in [0.05, 0.1) is 0 Å². The molecule has 16 heavy (non-hydrogen) atoms. The van der Waals surface area contributed by atoms with E-state index in [1.807, 2.05) is 11.3 Å². The van der Waals surface area contributed by atoms with Crippen molar-refractivity contribution >= 4 is 11.3 Å². The standard InChI is InChI=1S/C13H22N2S/c1-2-6-15-7-5-12(11-15)9-14-10-13-4-3-8-16-13/h3-4,8,12,14H,2,5-7,9-11H2,1H3. The average Bonchev–Trinajstić information content (AvgIpc) is 2.90. The van der Waals surface area contributed by atoms with Gasteiger partial charge in [0.1, 0.15) is 0 Å². The Hall–Kier alpha value is -0.380. The maximum absolute atomic E-state index is 3.58. The molecule has 2 heterocycles. The van der Waals surface area contributed by atoms with Crippen molar-refractivity contribution in [2.45, 2.75) is 26.3 Å². The lowest BCUT2D eigenvalue weighted by Crippen LogP contribution is -2.26. The van der Waals surface area contributed by atoms with E-state index in [1.54, 1.807) is 0 Å². The monoisotopic (exact) mass is 238 g/mol. The van der Waals surface area contributed by atoms with Gasteiger partial charge in [-0.05, 0) is 49.8 Å². The van der Waals surface area contributed by atoms with E-state index in [9.17, 15) is 0 Å². The predicted octanol–water partition coefficient (Wildman–Crippen LogP) is 2.57. The van der Waals surface area contributed by atoms with E-state index in [0.717, 1.165) is 12.5 Å². The molecule has 0 aromatic carbocycles. The van der Waals surface area contributed by atoms with Crippen LogP contribution in [0.25, 0.3) is 0 Å². The van der Waals surface area contributed by atoms with E-state index in [2.05, 4.69) is 34.7 Å². The van der Waals surface area contributed by atoms with Crippen molar-refractivity contribution in [3.05, 3.63) is 22.4 Å². The Labute approximate surface area is 103 Å². The van der Waals surface area contributed by atoms with Gasteiger partial charge in [-0.2, -0.15) is 0 Å². The van der Waals surface area contributed by atoms with Gasteiger partial charge in [-0.1, -0.05) is 13.0 Å². The molecule has 1 aliphatic rings. The Morgan fingerprint density at radius 1 is 1.56 bits per heavy atom. The highest BCUT2D eigenvalue weighted by Gasteiger charge is 2.20. The van der Waals surface area contributed by atoms with Crippen LogP contribution < -0.4 is 5.32 Å². The fourth-order valence-corrected chi connectivity index (χ4v) is 3.09. The molecule has 1 saturated heterocycles. The maximum atomic E-state index is 3.58. The van der Waals surface area contributed by atoms with Gasteiger partial charge in [0.2, 0.25) is 0 Å². The van der Waals surface area contributed by atoms with Gasteiger partial charge < -0.3 is 10.2 Å². The minimum atomic E-state index is 0.867. The molecular formula is C13H22N2S. The van der Waals surface area contributed by atoms with E-state index in [4.69, 9.17) is 0 Å². The van der Waals surface area contributed by atoms with Crippen molar-refractivity contribution in [3.63, 3.8) is 0 Å². The second kappa shape index (κ2) is 6.38. The van der Waals surface area contributed by atoms with Crippen molar-refractivity contribution < 1.29 is 0 Å². The molecule has 1 atom stereocenters. The van der Waals surface area contributed by atoms with Crippen LogP contribution in [-0.2, 0) is 6.54 Å². The van der Waals surface area contributed by atoms with Gasteiger partial charge in [-0.25, -0.2) is 0 Å². The third-order valence-electron chi connectivity index (χ3n) is 3.22. The van der Waals surface area contributed by atoms with Gasteiger partial charge >= 0.3 is 0 Å². The summed E-state index contributed by atoms with van der Waals surface area (Å²) in [4.78, 5) is 4.04. The molecule has 1 fully saturated rings. The number of nitrogens with one attached hydrogen (secondary N) is 1. The van der Waals surface area contributed by atoms with Crippen LogP contribution in [0.15, 0.2) is 17.5 Å². The van der Waals surface area contributed by atoms with Gasteiger partial charge in [-0.3, -0.25) is 0 Å². The molecule has 0 aliphatic carbocycles. The molecule has 0 amide bonds. The van der Waals surface area contributed by atoms with Crippen LogP contribution in [0.3, 0.4) is 0 Å². The Morgan fingerprint density at radius 2 is 2.50 bits per heavy atom. The van der Waals surface area contributed by atoms with Crippen LogP contribution in [0.2, 0.25) is 0 Å². The van der Waals surface area contributed by atoms with Crippen molar-refractivity contribution in [1.82, 2.24) is 10.2 Å². The van der Waals surface area contributed by atoms with Gasteiger partial charge in [-0.15, -0.1) is 11.3 Å². The van der Waals surface area contributed by atoms with Crippen LogP contribution in [-0.4, -0.2) is 31.1 Å². The molecular weight excluding hydrogens is 216 g/mol. The molecule has 0 radical (unpaired) electrons. The quantitative estimate of drug-likeness (QED) is 0.819. The highest BCUT2D eigenvalue weighted by Crippen LogP contribution is 2.15. The van der Waals surface area contributed by atoms with E-state index in [1.165, 1.54) is 43.9 Å². The van der Waals surface area contributed by atoms with Crippen molar-refractivity contribution in [2.75, 3.05) is 26.2 Å². The number of likely N-dealkylation sites (tertiary alicyclic amines) is 1. The number of thiophene rings is 1. The Kier molecular flexibility index (Phi) is 4.82. The lowest BCUT2D eigenvalue weighted by molar-refractivity contribution is 0.322. The molecule has 3 heteroatoms. The Morgan fingerprint density at radius 3 is 3.25 bits per heavy atom. The molecule has 0 spiro atoms. The molecule has 2 nitrogen and oxygen atoms in total. The second-order valence-corrected chi connectivity index (χ2v) is 5.70. The molecule has 1 unspecified atom stereocenters. The van der Waals surface area contributed by atoms with Gasteiger partial charge in [0.25, 0.3) is 0 Å². The zero-order valence-electron chi connectivity index (χ0n) is 10.1. The Balaban J connectivity index is 1.60. The molecule has 0 saturated carbocycles. The van der Waals surface area contributed by atoms with E-state index in [-0.39, 0.29) is 0 Å². The van der Waals surface area contributed by atoms with Crippen LogP contribution in [0.1, 0.15) is 24.6 Å². The van der Waals surface area contributed by atoms with Crippen LogP contribution in [0.4, 0.5) is 0 Å². The summed E-state index contributed by atoms with van der Waals surface area (Å²) in [7, 11) is 0. The third kappa shape index (κ3) is 3.58. The topological polar surface area (TPSA) is 15.3 Å². The number of nitrogens with zero attached hydrogens (tertiary/aromatic N) is 1. The predicted molar refractivity (Wildman–Crippen MR) is 70.9 cm³/mol. The van der Waals surface area contributed by atoms with Crippen LogP contribution in [0, 0.1) is 5.92 Å². The minimum absolute atomic E-state index is 0.867. The normalized spacial score (nSPS) is 21.7. The molecule has 90 valence electrons. The minimum Gasteiger partial charge on any atom is -0.312 e. The highest BCUT2D eigenvalue weighted by molar-refractivity contribution is 7.09. The molecule has 1 aliphatic heterocycles. The smallest absolute Gasteiger partial charge is 0.0299 e. The number of hydrogen-bond acceptors (Lipinski definition) is 3. The first kappa shape index (κ1) is 12.1. The fourth-order valence-electron chi connectivity index (χ4n) is 2.41. The van der Waals surface area contributed by atoms with Gasteiger partial charge in [0.15, 0.2) is 0 Å². The van der Waals surface area contributed by atoms with E-state index in [0.29, 0.717) is 0 Å². The zero-order chi connectivity index (χ0) is 11.2. The van der Waals surface area contributed by atoms with Crippen molar-refractivity contribution in [3.8, 4) is 0 Å². The molecule has 1 aromatic rings. The lowest BCUT2D eigenvalue weighted by atomic mass is 10.1. The average molecular weight is 238 g/mol. The zero-order valence-corrected chi connectivity index (χ0v) is 10.9. The lowest BCUT2D eigenvalue weighted by Gasteiger charge is -2.14. The molecule has 2 rings (SSSR count). The van der Waals surface area contributed by atoms with E-state index >= 15 is 0 Å². The maximum Gasteiger partial charge on any atom is 0.0299 e. The number of rotatable bonds is 6. The summed E-state index contributed by atoms with van der Waals surface area (Å²) in [6, 6.07) is 4.33. The summed E-state index contributed by atoms with van der Waals surface area (Å²) in [6.07, 6.45) is 2.66. The number of hydrogen-bond donors (Lipinski definition) is 1. The SMILES string of the molecule is CCCN1CCC(CNCc2cccs2)C1. The first-order chi connectivity index (χ1) is 7.88. The molecule has 0 bridgehead atoms. The first-order valence-corrected chi connectivity index (χ1v) is 7.22. The summed E-state index contributed by atoms with van der Waals surface area (Å²) < 4.78 is 0. The molecule has 1 aromatic heterocycles.